The van der Waals surface area contributed by atoms with Gasteiger partial charge in [-0.25, -0.2) is 0 Å². The Morgan fingerprint density at radius 1 is 1.05 bits per heavy atom. The van der Waals surface area contributed by atoms with Gasteiger partial charge in [-0.2, -0.15) is 0 Å². The standard InChI is InChI=1S/C19H23NO2/c1-5-22-18-10-7-16(8-11-18)13-20(4)19(21)17-9-6-14(2)15(3)12-17/h6-12H,5,13H2,1-4H3. The van der Waals surface area contributed by atoms with Crippen molar-refractivity contribution in [3.8, 4) is 5.75 Å². The molecule has 2 aromatic carbocycles. The van der Waals surface area contributed by atoms with Gasteiger partial charge in [0.1, 0.15) is 5.75 Å². The van der Waals surface area contributed by atoms with E-state index in [1.807, 2.05) is 70.3 Å². The molecule has 0 bridgehead atoms. The molecule has 0 aliphatic carbocycles. The van der Waals surface area contributed by atoms with Gasteiger partial charge in [-0.15, -0.1) is 0 Å². The summed E-state index contributed by atoms with van der Waals surface area (Å²) in [5, 5.41) is 0. The van der Waals surface area contributed by atoms with Crippen LogP contribution >= 0.6 is 0 Å². The molecule has 0 unspecified atom stereocenters. The topological polar surface area (TPSA) is 29.5 Å². The Morgan fingerprint density at radius 2 is 1.73 bits per heavy atom. The fourth-order valence-corrected chi connectivity index (χ4v) is 2.30. The third-order valence-electron chi connectivity index (χ3n) is 3.75. The second-order valence-electron chi connectivity index (χ2n) is 5.54. The smallest absolute Gasteiger partial charge is 0.253 e. The molecule has 0 saturated carbocycles. The first-order valence-corrected chi connectivity index (χ1v) is 7.55. The Kier molecular flexibility index (Phi) is 5.21. The number of nitrogens with zero attached hydrogens (tertiary/aromatic N) is 1. The summed E-state index contributed by atoms with van der Waals surface area (Å²) in [6.07, 6.45) is 0. The van der Waals surface area contributed by atoms with Gasteiger partial charge in [0, 0.05) is 19.2 Å². The summed E-state index contributed by atoms with van der Waals surface area (Å²) in [5.74, 6) is 0.895. The SMILES string of the molecule is CCOc1ccc(CN(C)C(=O)c2ccc(C)c(C)c2)cc1. The molecule has 0 fully saturated rings. The van der Waals surface area contributed by atoms with Gasteiger partial charge in [0.15, 0.2) is 0 Å². The van der Waals surface area contributed by atoms with Crippen molar-refractivity contribution >= 4 is 5.91 Å². The van der Waals surface area contributed by atoms with E-state index in [2.05, 4.69) is 0 Å². The minimum atomic E-state index is 0.0389. The minimum absolute atomic E-state index is 0.0389. The van der Waals surface area contributed by atoms with Crippen LogP contribution in [0.3, 0.4) is 0 Å². The second-order valence-corrected chi connectivity index (χ2v) is 5.54. The van der Waals surface area contributed by atoms with Crippen LogP contribution in [-0.2, 0) is 6.54 Å². The normalized spacial score (nSPS) is 10.4. The summed E-state index contributed by atoms with van der Waals surface area (Å²) >= 11 is 0. The number of benzene rings is 2. The predicted molar refractivity (Wildman–Crippen MR) is 89.3 cm³/mol. The molecule has 116 valence electrons. The van der Waals surface area contributed by atoms with E-state index >= 15 is 0 Å². The molecule has 0 aliphatic heterocycles. The highest BCUT2D eigenvalue weighted by Crippen LogP contribution is 2.15. The number of hydrogen-bond donors (Lipinski definition) is 0. The van der Waals surface area contributed by atoms with Crippen molar-refractivity contribution in [2.45, 2.75) is 27.3 Å². The van der Waals surface area contributed by atoms with Gasteiger partial charge in [-0.1, -0.05) is 18.2 Å². The molecule has 2 rings (SSSR count). The Hall–Kier alpha value is -2.29. The Bertz CT molecular complexity index is 647. The molecule has 3 heteroatoms. The van der Waals surface area contributed by atoms with E-state index in [0.717, 1.165) is 22.4 Å². The van der Waals surface area contributed by atoms with Crippen LogP contribution in [0.2, 0.25) is 0 Å². The lowest BCUT2D eigenvalue weighted by atomic mass is 10.1. The summed E-state index contributed by atoms with van der Waals surface area (Å²) in [4.78, 5) is 14.2. The van der Waals surface area contributed by atoms with Crippen LogP contribution in [0, 0.1) is 13.8 Å². The van der Waals surface area contributed by atoms with Crippen molar-refractivity contribution in [2.75, 3.05) is 13.7 Å². The Morgan fingerprint density at radius 3 is 2.32 bits per heavy atom. The van der Waals surface area contributed by atoms with E-state index in [9.17, 15) is 4.79 Å². The molecule has 0 N–H and O–H groups in total. The van der Waals surface area contributed by atoms with Crippen molar-refractivity contribution in [3.63, 3.8) is 0 Å². The first-order valence-electron chi connectivity index (χ1n) is 7.55. The van der Waals surface area contributed by atoms with Crippen molar-refractivity contribution in [1.82, 2.24) is 4.90 Å². The summed E-state index contributed by atoms with van der Waals surface area (Å²) in [6, 6.07) is 13.7. The van der Waals surface area contributed by atoms with Crippen LogP contribution in [0.25, 0.3) is 0 Å². The fourth-order valence-electron chi connectivity index (χ4n) is 2.30. The van der Waals surface area contributed by atoms with Crippen LogP contribution in [0.5, 0.6) is 5.75 Å². The van der Waals surface area contributed by atoms with Crippen molar-refractivity contribution in [3.05, 3.63) is 64.7 Å². The molecule has 0 aliphatic rings. The lowest BCUT2D eigenvalue weighted by molar-refractivity contribution is 0.0785. The van der Waals surface area contributed by atoms with Gasteiger partial charge in [0.25, 0.3) is 5.91 Å². The zero-order valence-electron chi connectivity index (χ0n) is 13.7. The molecule has 22 heavy (non-hydrogen) atoms. The van der Waals surface area contributed by atoms with Gasteiger partial charge >= 0.3 is 0 Å². The second kappa shape index (κ2) is 7.12. The first kappa shape index (κ1) is 16.1. The van der Waals surface area contributed by atoms with E-state index in [1.165, 1.54) is 5.56 Å². The van der Waals surface area contributed by atoms with Crippen LogP contribution in [0.15, 0.2) is 42.5 Å². The molecule has 0 atom stereocenters. The number of rotatable bonds is 5. The minimum Gasteiger partial charge on any atom is -0.494 e. The number of carbonyl (C=O) groups is 1. The van der Waals surface area contributed by atoms with Crippen LogP contribution in [-0.4, -0.2) is 24.5 Å². The number of hydrogen-bond acceptors (Lipinski definition) is 2. The van der Waals surface area contributed by atoms with E-state index in [1.54, 1.807) is 4.90 Å². The van der Waals surface area contributed by atoms with Gasteiger partial charge in [0.05, 0.1) is 6.61 Å². The van der Waals surface area contributed by atoms with Gasteiger partial charge in [-0.3, -0.25) is 4.79 Å². The van der Waals surface area contributed by atoms with Crippen molar-refractivity contribution < 1.29 is 9.53 Å². The monoisotopic (exact) mass is 297 g/mol. The van der Waals surface area contributed by atoms with E-state index in [4.69, 9.17) is 4.74 Å². The third-order valence-corrected chi connectivity index (χ3v) is 3.75. The molecule has 0 radical (unpaired) electrons. The molecule has 0 aromatic heterocycles. The maximum Gasteiger partial charge on any atom is 0.253 e. The summed E-state index contributed by atoms with van der Waals surface area (Å²) in [5.41, 5.74) is 4.16. The number of ether oxygens (including phenoxy) is 1. The Balaban J connectivity index is 2.05. The predicted octanol–water partition coefficient (Wildman–Crippen LogP) is 3.97. The molecule has 0 saturated heterocycles. The highest BCUT2D eigenvalue weighted by Gasteiger charge is 2.12. The van der Waals surface area contributed by atoms with Crippen molar-refractivity contribution in [1.29, 1.82) is 0 Å². The zero-order valence-corrected chi connectivity index (χ0v) is 13.7. The average molecular weight is 297 g/mol. The van der Waals surface area contributed by atoms with Crippen molar-refractivity contribution in [2.24, 2.45) is 0 Å². The number of carbonyl (C=O) groups excluding carboxylic acids is 1. The highest BCUT2D eigenvalue weighted by molar-refractivity contribution is 5.94. The lowest BCUT2D eigenvalue weighted by Gasteiger charge is -2.18. The largest absolute Gasteiger partial charge is 0.494 e. The van der Waals surface area contributed by atoms with E-state index < -0.39 is 0 Å². The summed E-state index contributed by atoms with van der Waals surface area (Å²) < 4.78 is 5.43. The van der Waals surface area contributed by atoms with E-state index in [-0.39, 0.29) is 5.91 Å². The Labute approximate surface area is 132 Å². The summed E-state index contributed by atoms with van der Waals surface area (Å²) in [6.45, 7) is 7.28. The van der Waals surface area contributed by atoms with Gasteiger partial charge in [-0.05, 0) is 61.7 Å². The first-order chi connectivity index (χ1) is 10.5. The molecule has 3 nitrogen and oxygen atoms in total. The third kappa shape index (κ3) is 3.88. The van der Waals surface area contributed by atoms with Gasteiger partial charge in [0.2, 0.25) is 0 Å². The molecular formula is C19H23NO2. The number of amides is 1. The summed E-state index contributed by atoms with van der Waals surface area (Å²) in [7, 11) is 1.83. The molecule has 0 spiro atoms. The average Bonchev–Trinajstić information content (AvgIpc) is 2.51. The fraction of sp³-hybridized carbons (Fsp3) is 0.316. The maximum atomic E-state index is 12.5. The molecular weight excluding hydrogens is 274 g/mol. The van der Waals surface area contributed by atoms with Gasteiger partial charge < -0.3 is 9.64 Å². The molecule has 0 heterocycles. The zero-order chi connectivity index (χ0) is 16.1. The van der Waals surface area contributed by atoms with E-state index in [0.29, 0.717) is 13.2 Å². The molecule has 1 amide bonds. The van der Waals surface area contributed by atoms with Crippen LogP contribution in [0.1, 0.15) is 34.0 Å². The number of aryl methyl sites for hydroxylation is 2. The highest BCUT2D eigenvalue weighted by atomic mass is 16.5. The van der Waals surface area contributed by atoms with Crippen LogP contribution < -0.4 is 4.74 Å². The molecule has 2 aromatic rings. The maximum absolute atomic E-state index is 12.5. The lowest BCUT2D eigenvalue weighted by Crippen LogP contribution is -2.26. The van der Waals surface area contributed by atoms with Crippen LogP contribution in [0.4, 0.5) is 0 Å². The quantitative estimate of drug-likeness (QED) is 0.835.